The van der Waals surface area contributed by atoms with Crippen molar-refractivity contribution in [3.05, 3.63) is 65.5 Å². The maximum absolute atomic E-state index is 13.4. The Bertz CT molecular complexity index is 480. The first kappa shape index (κ1) is 10.7. The molecule has 0 radical (unpaired) electrons. The second kappa shape index (κ2) is 4.79. The Labute approximate surface area is 94.9 Å². The maximum atomic E-state index is 13.4. The normalized spacial score (nSPS) is 10.1. The quantitative estimate of drug-likeness (QED) is 0.826. The molecular weight excluding hydrogens is 201 g/mol. The minimum atomic E-state index is -0.141. The summed E-state index contributed by atoms with van der Waals surface area (Å²) in [5, 5.41) is 3.07. The van der Waals surface area contributed by atoms with E-state index in [0.717, 1.165) is 16.8 Å². The van der Waals surface area contributed by atoms with Gasteiger partial charge in [-0.25, -0.2) is 4.39 Å². The number of hydrogen-bond acceptors (Lipinski definition) is 1. The zero-order chi connectivity index (χ0) is 11.4. The summed E-state index contributed by atoms with van der Waals surface area (Å²) in [5.74, 6) is -0.141. The summed E-state index contributed by atoms with van der Waals surface area (Å²) in [4.78, 5) is 0. The lowest BCUT2D eigenvalue weighted by atomic mass is 10.0. The molecule has 2 rings (SSSR count). The molecule has 1 nitrogen and oxygen atoms in total. The standard InChI is InChI=1S/C14H14FN/c1-16-13-7-4-5-11(10-13)9-12-6-2-3-8-14(12)15/h2-8,10,16H,9H2,1H3. The van der Waals surface area contributed by atoms with Gasteiger partial charge in [-0.3, -0.25) is 0 Å². The van der Waals surface area contributed by atoms with Crippen molar-refractivity contribution >= 4 is 5.69 Å². The molecule has 0 heterocycles. The first-order valence-electron chi connectivity index (χ1n) is 5.29. The number of nitrogens with one attached hydrogen (secondary N) is 1. The third-order valence-corrected chi connectivity index (χ3v) is 2.57. The van der Waals surface area contributed by atoms with E-state index in [-0.39, 0.29) is 5.82 Å². The summed E-state index contributed by atoms with van der Waals surface area (Å²) in [6.45, 7) is 0. The molecule has 2 aromatic carbocycles. The summed E-state index contributed by atoms with van der Waals surface area (Å²) < 4.78 is 13.4. The Kier molecular flexibility index (Phi) is 3.20. The highest BCUT2D eigenvalue weighted by Gasteiger charge is 2.02. The molecule has 0 aromatic heterocycles. The van der Waals surface area contributed by atoms with Gasteiger partial charge in [0.25, 0.3) is 0 Å². The van der Waals surface area contributed by atoms with E-state index in [4.69, 9.17) is 0 Å². The molecule has 0 fully saturated rings. The van der Waals surface area contributed by atoms with E-state index in [2.05, 4.69) is 5.32 Å². The summed E-state index contributed by atoms with van der Waals surface area (Å²) in [6, 6.07) is 14.9. The topological polar surface area (TPSA) is 12.0 Å². The lowest BCUT2D eigenvalue weighted by Crippen LogP contribution is -1.94. The van der Waals surface area contributed by atoms with Gasteiger partial charge in [-0.15, -0.1) is 0 Å². The van der Waals surface area contributed by atoms with Crippen LogP contribution in [-0.4, -0.2) is 7.05 Å². The van der Waals surface area contributed by atoms with Crippen LogP contribution in [0.5, 0.6) is 0 Å². The van der Waals surface area contributed by atoms with Gasteiger partial charge in [-0.1, -0.05) is 30.3 Å². The van der Waals surface area contributed by atoms with Crippen LogP contribution in [0.3, 0.4) is 0 Å². The minimum Gasteiger partial charge on any atom is -0.388 e. The fourth-order valence-electron chi connectivity index (χ4n) is 1.70. The van der Waals surface area contributed by atoms with E-state index in [1.807, 2.05) is 43.4 Å². The van der Waals surface area contributed by atoms with Crippen LogP contribution in [0.25, 0.3) is 0 Å². The van der Waals surface area contributed by atoms with E-state index < -0.39 is 0 Å². The van der Waals surface area contributed by atoms with Gasteiger partial charge in [0, 0.05) is 19.2 Å². The Morgan fingerprint density at radius 2 is 1.88 bits per heavy atom. The number of halogens is 1. The van der Waals surface area contributed by atoms with Crippen molar-refractivity contribution in [1.82, 2.24) is 0 Å². The second-order valence-electron chi connectivity index (χ2n) is 3.72. The lowest BCUT2D eigenvalue weighted by molar-refractivity contribution is 0.614. The van der Waals surface area contributed by atoms with E-state index in [1.54, 1.807) is 6.07 Å². The summed E-state index contributed by atoms with van der Waals surface area (Å²) in [7, 11) is 1.88. The van der Waals surface area contributed by atoms with E-state index in [1.165, 1.54) is 6.07 Å². The van der Waals surface area contributed by atoms with E-state index >= 15 is 0 Å². The van der Waals surface area contributed by atoms with Crippen LogP contribution in [0.2, 0.25) is 0 Å². The largest absolute Gasteiger partial charge is 0.388 e. The zero-order valence-electron chi connectivity index (χ0n) is 9.20. The van der Waals surface area contributed by atoms with Crippen LogP contribution >= 0.6 is 0 Å². The third-order valence-electron chi connectivity index (χ3n) is 2.57. The van der Waals surface area contributed by atoms with Gasteiger partial charge < -0.3 is 5.32 Å². The van der Waals surface area contributed by atoms with Gasteiger partial charge in [-0.2, -0.15) is 0 Å². The van der Waals surface area contributed by atoms with E-state index in [9.17, 15) is 4.39 Å². The summed E-state index contributed by atoms with van der Waals surface area (Å²) in [5.41, 5.74) is 2.89. The van der Waals surface area contributed by atoms with Crippen molar-refractivity contribution in [2.45, 2.75) is 6.42 Å². The van der Waals surface area contributed by atoms with Gasteiger partial charge in [0.05, 0.1) is 0 Å². The summed E-state index contributed by atoms with van der Waals surface area (Å²) in [6.07, 6.45) is 0.627. The Morgan fingerprint density at radius 1 is 1.06 bits per heavy atom. The molecule has 0 aliphatic rings. The van der Waals surface area contributed by atoms with Crippen LogP contribution in [0.4, 0.5) is 10.1 Å². The number of benzene rings is 2. The molecule has 0 atom stereocenters. The molecule has 0 bridgehead atoms. The molecule has 1 N–H and O–H groups in total. The van der Waals surface area contributed by atoms with Crippen LogP contribution in [0.15, 0.2) is 48.5 Å². The SMILES string of the molecule is CNc1cccc(Cc2ccccc2F)c1. The highest BCUT2D eigenvalue weighted by Crippen LogP contribution is 2.16. The molecule has 0 saturated heterocycles. The maximum Gasteiger partial charge on any atom is 0.126 e. The molecule has 0 saturated carbocycles. The zero-order valence-corrected chi connectivity index (χ0v) is 9.20. The molecule has 0 spiro atoms. The van der Waals surface area contributed by atoms with Gasteiger partial charge in [-0.05, 0) is 29.3 Å². The van der Waals surface area contributed by atoms with Gasteiger partial charge in [0.2, 0.25) is 0 Å². The Morgan fingerprint density at radius 3 is 2.62 bits per heavy atom. The minimum absolute atomic E-state index is 0.141. The first-order valence-corrected chi connectivity index (χ1v) is 5.29. The van der Waals surface area contributed by atoms with Crippen molar-refractivity contribution in [2.75, 3.05) is 12.4 Å². The molecule has 2 heteroatoms. The van der Waals surface area contributed by atoms with Crippen molar-refractivity contribution in [3.8, 4) is 0 Å². The fourth-order valence-corrected chi connectivity index (χ4v) is 1.70. The highest BCUT2D eigenvalue weighted by atomic mass is 19.1. The van der Waals surface area contributed by atoms with Crippen molar-refractivity contribution in [3.63, 3.8) is 0 Å². The van der Waals surface area contributed by atoms with Crippen LogP contribution in [-0.2, 0) is 6.42 Å². The predicted molar refractivity (Wildman–Crippen MR) is 65.2 cm³/mol. The molecule has 0 amide bonds. The Hall–Kier alpha value is -1.83. The molecule has 2 aromatic rings. The lowest BCUT2D eigenvalue weighted by Gasteiger charge is -2.05. The van der Waals surface area contributed by atoms with E-state index in [0.29, 0.717) is 6.42 Å². The number of anilines is 1. The highest BCUT2D eigenvalue weighted by molar-refractivity contribution is 5.46. The molecule has 16 heavy (non-hydrogen) atoms. The fraction of sp³-hybridized carbons (Fsp3) is 0.143. The molecule has 0 aliphatic carbocycles. The van der Waals surface area contributed by atoms with Crippen molar-refractivity contribution < 1.29 is 4.39 Å². The summed E-state index contributed by atoms with van der Waals surface area (Å²) >= 11 is 0. The van der Waals surface area contributed by atoms with Crippen molar-refractivity contribution in [1.29, 1.82) is 0 Å². The smallest absolute Gasteiger partial charge is 0.126 e. The predicted octanol–water partition coefficient (Wildman–Crippen LogP) is 3.46. The van der Waals surface area contributed by atoms with Gasteiger partial charge >= 0.3 is 0 Å². The number of rotatable bonds is 3. The Balaban J connectivity index is 2.24. The first-order chi connectivity index (χ1) is 7.79. The average Bonchev–Trinajstić information content (AvgIpc) is 2.32. The number of hydrogen-bond donors (Lipinski definition) is 1. The monoisotopic (exact) mass is 215 g/mol. The van der Waals surface area contributed by atoms with Crippen molar-refractivity contribution in [2.24, 2.45) is 0 Å². The third kappa shape index (κ3) is 2.40. The average molecular weight is 215 g/mol. The molecule has 82 valence electrons. The second-order valence-corrected chi connectivity index (χ2v) is 3.72. The van der Waals surface area contributed by atoms with Crippen LogP contribution in [0.1, 0.15) is 11.1 Å². The molecular formula is C14H14FN. The molecule has 0 aliphatic heterocycles. The van der Waals surface area contributed by atoms with Crippen LogP contribution in [0, 0.1) is 5.82 Å². The van der Waals surface area contributed by atoms with Crippen LogP contribution < -0.4 is 5.32 Å². The van der Waals surface area contributed by atoms with Gasteiger partial charge in [0.15, 0.2) is 0 Å². The molecule has 0 unspecified atom stereocenters. The van der Waals surface area contributed by atoms with Gasteiger partial charge in [0.1, 0.15) is 5.82 Å².